The Bertz CT molecular complexity index is 380. The van der Waals surface area contributed by atoms with Gasteiger partial charge in [-0.2, -0.15) is 13.2 Å². The standard InChI is InChI=1S/C12H14BrF3O2/c1-17-10-4-3-9(8-13)7-11(10)18-6-2-5-12(14,15)16/h3-4,7H,2,5-6,8H2,1H3. The molecule has 0 heterocycles. The van der Waals surface area contributed by atoms with Crippen LogP contribution < -0.4 is 9.47 Å². The summed E-state index contributed by atoms with van der Waals surface area (Å²) in [6.45, 7) is 0.0155. The Morgan fingerprint density at radius 2 is 1.94 bits per heavy atom. The van der Waals surface area contributed by atoms with E-state index in [1.165, 1.54) is 7.11 Å². The van der Waals surface area contributed by atoms with Crippen LogP contribution in [0, 0.1) is 0 Å². The Morgan fingerprint density at radius 3 is 2.50 bits per heavy atom. The van der Waals surface area contributed by atoms with Gasteiger partial charge in [0.2, 0.25) is 0 Å². The molecule has 0 N–H and O–H groups in total. The van der Waals surface area contributed by atoms with Gasteiger partial charge in [-0.05, 0) is 24.1 Å². The molecule has 0 radical (unpaired) electrons. The molecule has 1 rings (SSSR count). The van der Waals surface area contributed by atoms with Crippen molar-refractivity contribution < 1.29 is 22.6 Å². The molecule has 0 fully saturated rings. The molecular weight excluding hydrogens is 313 g/mol. The van der Waals surface area contributed by atoms with Crippen molar-refractivity contribution >= 4 is 15.9 Å². The molecule has 102 valence electrons. The van der Waals surface area contributed by atoms with Gasteiger partial charge < -0.3 is 9.47 Å². The predicted octanol–water partition coefficient (Wildman–Crippen LogP) is 4.31. The summed E-state index contributed by atoms with van der Waals surface area (Å²) in [7, 11) is 1.49. The number of methoxy groups -OCH3 is 1. The Balaban J connectivity index is 2.54. The van der Waals surface area contributed by atoms with E-state index in [1.807, 2.05) is 6.07 Å². The third-order valence-corrected chi connectivity index (χ3v) is 2.89. The second-order valence-electron chi connectivity index (χ2n) is 3.69. The Kier molecular flexibility index (Phi) is 5.78. The summed E-state index contributed by atoms with van der Waals surface area (Å²) in [5.41, 5.74) is 0.974. The van der Waals surface area contributed by atoms with Crippen molar-refractivity contribution in [1.29, 1.82) is 0 Å². The molecule has 1 aromatic carbocycles. The Morgan fingerprint density at radius 1 is 1.22 bits per heavy atom. The average Bonchev–Trinajstić information content (AvgIpc) is 2.33. The maximum absolute atomic E-state index is 12.0. The van der Waals surface area contributed by atoms with Gasteiger partial charge in [0.1, 0.15) is 0 Å². The molecule has 0 unspecified atom stereocenters. The van der Waals surface area contributed by atoms with Crippen molar-refractivity contribution in [3.8, 4) is 11.5 Å². The van der Waals surface area contributed by atoms with Crippen LogP contribution in [0.5, 0.6) is 11.5 Å². The van der Waals surface area contributed by atoms with E-state index < -0.39 is 12.6 Å². The molecule has 18 heavy (non-hydrogen) atoms. The second kappa shape index (κ2) is 6.87. The van der Waals surface area contributed by atoms with Crippen LogP contribution in [0.25, 0.3) is 0 Å². The van der Waals surface area contributed by atoms with Crippen LogP contribution in [0.3, 0.4) is 0 Å². The van der Waals surface area contributed by atoms with E-state index in [4.69, 9.17) is 9.47 Å². The van der Waals surface area contributed by atoms with E-state index in [2.05, 4.69) is 15.9 Å². The van der Waals surface area contributed by atoms with Gasteiger partial charge in [-0.1, -0.05) is 22.0 Å². The number of alkyl halides is 4. The SMILES string of the molecule is COc1ccc(CBr)cc1OCCCC(F)(F)F. The molecule has 0 atom stereocenters. The Labute approximate surface area is 112 Å². The van der Waals surface area contributed by atoms with Crippen molar-refractivity contribution in [3.63, 3.8) is 0 Å². The topological polar surface area (TPSA) is 18.5 Å². The molecule has 0 aliphatic rings. The zero-order chi connectivity index (χ0) is 13.6. The summed E-state index contributed by atoms with van der Waals surface area (Å²) in [4.78, 5) is 0. The lowest BCUT2D eigenvalue weighted by Crippen LogP contribution is -2.10. The number of halogens is 4. The molecule has 0 aliphatic heterocycles. The first-order valence-electron chi connectivity index (χ1n) is 5.38. The van der Waals surface area contributed by atoms with E-state index in [0.717, 1.165) is 5.56 Å². The van der Waals surface area contributed by atoms with Gasteiger partial charge >= 0.3 is 6.18 Å². The highest BCUT2D eigenvalue weighted by Crippen LogP contribution is 2.29. The van der Waals surface area contributed by atoms with Crippen LogP contribution in [-0.2, 0) is 5.33 Å². The van der Waals surface area contributed by atoms with Gasteiger partial charge in [0, 0.05) is 11.8 Å². The first-order chi connectivity index (χ1) is 8.46. The molecule has 0 spiro atoms. The molecule has 0 aliphatic carbocycles. The predicted molar refractivity (Wildman–Crippen MR) is 66.4 cm³/mol. The first-order valence-corrected chi connectivity index (χ1v) is 6.51. The van der Waals surface area contributed by atoms with Crippen LogP contribution in [0.15, 0.2) is 18.2 Å². The summed E-state index contributed by atoms with van der Waals surface area (Å²) < 4.78 is 46.3. The maximum atomic E-state index is 12.0. The normalized spacial score (nSPS) is 11.4. The average molecular weight is 327 g/mol. The van der Waals surface area contributed by atoms with Crippen molar-refractivity contribution in [2.75, 3.05) is 13.7 Å². The van der Waals surface area contributed by atoms with Crippen molar-refractivity contribution in [2.45, 2.75) is 24.3 Å². The minimum atomic E-state index is -4.13. The quantitative estimate of drug-likeness (QED) is 0.572. The smallest absolute Gasteiger partial charge is 0.389 e. The fourth-order valence-electron chi connectivity index (χ4n) is 1.37. The van der Waals surface area contributed by atoms with Crippen molar-refractivity contribution in [3.05, 3.63) is 23.8 Å². The zero-order valence-corrected chi connectivity index (χ0v) is 11.5. The highest BCUT2D eigenvalue weighted by atomic mass is 79.9. The van der Waals surface area contributed by atoms with Gasteiger partial charge in [-0.15, -0.1) is 0 Å². The Hall–Kier alpha value is -0.910. The van der Waals surface area contributed by atoms with Crippen molar-refractivity contribution in [1.82, 2.24) is 0 Å². The van der Waals surface area contributed by atoms with Gasteiger partial charge in [0.05, 0.1) is 13.7 Å². The molecule has 0 aromatic heterocycles. The minimum absolute atomic E-state index is 0.0155. The third-order valence-electron chi connectivity index (χ3n) is 2.24. The van der Waals surface area contributed by atoms with Gasteiger partial charge in [0.25, 0.3) is 0 Å². The number of hydrogen-bond acceptors (Lipinski definition) is 2. The molecular formula is C12H14BrF3O2. The van der Waals surface area contributed by atoms with Gasteiger partial charge in [-0.25, -0.2) is 0 Å². The lowest BCUT2D eigenvalue weighted by Gasteiger charge is -2.12. The summed E-state index contributed by atoms with van der Waals surface area (Å²) in [5.74, 6) is 0.989. The molecule has 2 nitrogen and oxygen atoms in total. The van der Waals surface area contributed by atoms with E-state index in [-0.39, 0.29) is 13.0 Å². The molecule has 0 saturated heterocycles. The second-order valence-corrected chi connectivity index (χ2v) is 4.25. The summed E-state index contributed by atoms with van der Waals surface area (Å²) in [5, 5.41) is 0.649. The van der Waals surface area contributed by atoms with E-state index in [9.17, 15) is 13.2 Å². The number of rotatable bonds is 6. The van der Waals surface area contributed by atoms with Gasteiger partial charge in [0.15, 0.2) is 11.5 Å². The minimum Gasteiger partial charge on any atom is -0.493 e. The van der Waals surface area contributed by atoms with Crippen LogP contribution in [0.4, 0.5) is 13.2 Å². The molecule has 1 aromatic rings. The van der Waals surface area contributed by atoms with Crippen LogP contribution in [0.2, 0.25) is 0 Å². The van der Waals surface area contributed by atoms with Crippen LogP contribution in [-0.4, -0.2) is 19.9 Å². The molecule has 0 saturated carbocycles. The molecule has 6 heteroatoms. The highest BCUT2D eigenvalue weighted by molar-refractivity contribution is 9.08. The highest BCUT2D eigenvalue weighted by Gasteiger charge is 2.26. The van der Waals surface area contributed by atoms with E-state index >= 15 is 0 Å². The van der Waals surface area contributed by atoms with Gasteiger partial charge in [-0.3, -0.25) is 0 Å². The first kappa shape index (κ1) is 15.1. The van der Waals surface area contributed by atoms with E-state index in [0.29, 0.717) is 16.8 Å². The summed E-state index contributed by atoms with van der Waals surface area (Å²) >= 11 is 3.30. The largest absolute Gasteiger partial charge is 0.493 e. The van der Waals surface area contributed by atoms with Crippen LogP contribution >= 0.6 is 15.9 Å². The lowest BCUT2D eigenvalue weighted by atomic mass is 10.2. The monoisotopic (exact) mass is 326 g/mol. The van der Waals surface area contributed by atoms with Crippen LogP contribution in [0.1, 0.15) is 18.4 Å². The number of benzene rings is 1. The van der Waals surface area contributed by atoms with Crippen molar-refractivity contribution in [2.24, 2.45) is 0 Å². The fraction of sp³-hybridized carbons (Fsp3) is 0.500. The maximum Gasteiger partial charge on any atom is 0.389 e. The summed E-state index contributed by atoms with van der Waals surface area (Å²) in [6.07, 6.45) is -5.04. The number of hydrogen-bond donors (Lipinski definition) is 0. The zero-order valence-electron chi connectivity index (χ0n) is 9.89. The fourth-order valence-corrected chi connectivity index (χ4v) is 1.72. The molecule has 0 amide bonds. The third kappa shape index (κ3) is 5.16. The lowest BCUT2D eigenvalue weighted by molar-refractivity contribution is -0.136. The number of ether oxygens (including phenoxy) is 2. The van der Waals surface area contributed by atoms with E-state index in [1.54, 1.807) is 12.1 Å². The molecule has 0 bridgehead atoms. The summed E-state index contributed by atoms with van der Waals surface area (Å²) in [6, 6.07) is 5.34.